The van der Waals surface area contributed by atoms with E-state index in [0.717, 1.165) is 23.0 Å². The topological polar surface area (TPSA) is 51.0 Å². The molecule has 2 unspecified atom stereocenters. The van der Waals surface area contributed by atoms with Crippen LogP contribution in [0, 0.1) is 6.92 Å². The van der Waals surface area contributed by atoms with Crippen molar-refractivity contribution in [3.63, 3.8) is 0 Å². The molecular weight excluding hydrogens is 258 g/mol. The van der Waals surface area contributed by atoms with Crippen LogP contribution in [0.2, 0.25) is 0 Å². The van der Waals surface area contributed by atoms with Gasteiger partial charge in [0.15, 0.2) is 0 Å². The maximum atomic E-state index is 5.46. The lowest BCUT2D eigenvalue weighted by Crippen LogP contribution is -2.31. The number of benzene rings is 1. The van der Waals surface area contributed by atoms with Crippen molar-refractivity contribution in [3.8, 4) is 11.4 Å². The van der Waals surface area contributed by atoms with E-state index in [1.54, 1.807) is 0 Å². The van der Waals surface area contributed by atoms with Crippen LogP contribution in [0.4, 0.5) is 0 Å². The highest BCUT2D eigenvalue weighted by Gasteiger charge is 2.32. The molecule has 1 fully saturated rings. The summed E-state index contributed by atoms with van der Waals surface area (Å²) in [6, 6.07) is 8.60. The number of hydrogen-bond donors (Lipinski definition) is 1. The second kappa shape index (κ2) is 5.35. The van der Waals surface area contributed by atoms with Crippen molar-refractivity contribution in [2.45, 2.75) is 18.9 Å². The highest BCUT2D eigenvalue weighted by molar-refractivity contribution is 7.99. The molecule has 3 rings (SSSR count). The molecule has 0 spiro atoms. The SMILES string of the molecule is CNC1CSCC1c1nc(-c2cccc(C)c2)no1. The van der Waals surface area contributed by atoms with Gasteiger partial charge in [-0.1, -0.05) is 28.9 Å². The van der Waals surface area contributed by atoms with Crippen molar-refractivity contribution in [2.24, 2.45) is 0 Å². The number of thioether (sulfide) groups is 1. The van der Waals surface area contributed by atoms with Crippen LogP contribution in [-0.2, 0) is 0 Å². The third kappa shape index (κ3) is 2.53. The summed E-state index contributed by atoms with van der Waals surface area (Å²) in [5, 5.41) is 7.44. The molecule has 0 bridgehead atoms. The summed E-state index contributed by atoms with van der Waals surface area (Å²) < 4.78 is 5.46. The number of hydrogen-bond acceptors (Lipinski definition) is 5. The average Bonchev–Trinajstić information content (AvgIpc) is 3.07. The van der Waals surface area contributed by atoms with Gasteiger partial charge in [0.25, 0.3) is 0 Å². The molecule has 1 aliphatic heterocycles. The van der Waals surface area contributed by atoms with Crippen molar-refractivity contribution >= 4 is 11.8 Å². The minimum atomic E-state index is 0.320. The molecule has 19 heavy (non-hydrogen) atoms. The Hall–Kier alpha value is -1.33. The van der Waals surface area contributed by atoms with Gasteiger partial charge in [0.2, 0.25) is 11.7 Å². The first-order valence-corrected chi connectivity index (χ1v) is 7.59. The number of aromatic nitrogens is 2. The molecule has 100 valence electrons. The zero-order chi connectivity index (χ0) is 13.2. The van der Waals surface area contributed by atoms with E-state index < -0.39 is 0 Å². The summed E-state index contributed by atoms with van der Waals surface area (Å²) in [6.07, 6.45) is 0. The smallest absolute Gasteiger partial charge is 0.232 e. The third-order valence-corrected chi connectivity index (χ3v) is 4.68. The van der Waals surface area contributed by atoms with E-state index in [1.807, 2.05) is 30.9 Å². The fraction of sp³-hybridized carbons (Fsp3) is 0.429. The molecule has 2 atom stereocenters. The minimum Gasteiger partial charge on any atom is -0.339 e. The van der Waals surface area contributed by atoms with Gasteiger partial charge in [-0.3, -0.25) is 0 Å². The summed E-state index contributed by atoms with van der Waals surface area (Å²) in [4.78, 5) is 4.57. The molecule has 1 aliphatic rings. The van der Waals surface area contributed by atoms with Crippen LogP contribution < -0.4 is 5.32 Å². The molecule has 0 aliphatic carbocycles. The van der Waals surface area contributed by atoms with Crippen LogP contribution in [0.1, 0.15) is 17.4 Å². The van der Waals surface area contributed by atoms with Crippen molar-refractivity contribution < 1.29 is 4.52 Å². The first-order valence-electron chi connectivity index (χ1n) is 6.43. The monoisotopic (exact) mass is 275 g/mol. The van der Waals surface area contributed by atoms with Crippen LogP contribution in [0.15, 0.2) is 28.8 Å². The average molecular weight is 275 g/mol. The maximum Gasteiger partial charge on any atom is 0.232 e. The maximum absolute atomic E-state index is 5.46. The minimum absolute atomic E-state index is 0.320. The third-order valence-electron chi connectivity index (χ3n) is 3.49. The molecule has 2 heterocycles. The quantitative estimate of drug-likeness (QED) is 0.932. The Morgan fingerprint density at radius 3 is 3.05 bits per heavy atom. The predicted octanol–water partition coefficient (Wildman–Crippen LogP) is 2.46. The second-order valence-corrected chi connectivity index (χ2v) is 5.94. The van der Waals surface area contributed by atoms with Crippen LogP contribution in [-0.4, -0.2) is 34.7 Å². The Balaban J connectivity index is 1.87. The highest BCUT2D eigenvalue weighted by Crippen LogP contribution is 2.32. The number of aryl methyl sites for hydroxylation is 1. The summed E-state index contributed by atoms with van der Waals surface area (Å²) in [7, 11) is 1.99. The van der Waals surface area contributed by atoms with Gasteiger partial charge in [-0.25, -0.2) is 0 Å². The lowest BCUT2D eigenvalue weighted by molar-refractivity contribution is 0.344. The van der Waals surface area contributed by atoms with Crippen molar-refractivity contribution in [3.05, 3.63) is 35.7 Å². The fourth-order valence-corrected chi connectivity index (χ4v) is 3.79. The van der Waals surface area contributed by atoms with Gasteiger partial charge in [-0.15, -0.1) is 0 Å². The normalized spacial score (nSPS) is 22.8. The van der Waals surface area contributed by atoms with E-state index in [0.29, 0.717) is 17.8 Å². The Bertz CT molecular complexity index is 569. The summed E-state index contributed by atoms with van der Waals surface area (Å²) >= 11 is 1.93. The van der Waals surface area contributed by atoms with E-state index >= 15 is 0 Å². The molecule has 0 radical (unpaired) electrons. The van der Waals surface area contributed by atoms with Crippen LogP contribution in [0.25, 0.3) is 11.4 Å². The highest BCUT2D eigenvalue weighted by atomic mass is 32.2. The predicted molar refractivity (Wildman–Crippen MR) is 77.4 cm³/mol. The first kappa shape index (κ1) is 12.7. The van der Waals surface area contributed by atoms with Crippen molar-refractivity contribution in [1.82, 2.24) is 15.5 Å². The molecule has 0 saturated carbocycles. The second-order valence-electron chi connectivity index (χ2n) is 4.86. The molecule has 1 N–H and O–H groups in total. The number of rotatable bonds is 3. The standard InChI is InChI=1S/C14H17N3OS/c1-9-4-3-5-10(6-9)13-16-14(18-17-13)11-7-19-8-12(11)15-2/h3-6,11-12,15H,7-8H2,1-2H3. The largest absolute Gasteiger partial charge is 0.339 e. The van der Waals surface area contributed by atoms with E-state index in [4.69, 9.17) is 4.52 Å². The number of nitrogens with one attached hydrogen (secondary N) is 1. The van der Waals surface area contributed by atoms with E-state index in [-0.39, 0.29) is 0 Å². The van der Waals surface area contributed by atoms with Gasteiger partial charge in [-0.05, 0) is 20.0 Å². The Labute approximate surface area is 117 Å². The van der Waals surface area contributed by atoms with E-state index in [1.165, 1.54) is 5.56 Å². The fourth-order valence-electron chi connectivity index (χ4n) is 2.37. The van der Waals surface area contributed by atoms with Crippen LogP contribution >= 0.6 is 11.8 Å². The molecule has 4 nitrogen and oxygen atoms in total. The van der Waals surface area contributed by atoms with Gasteiger partial charge in [-0.2, -0.15) is 16.7 Å². The van der Waals surface area contributed by atoms with Crippen LogP contribution in [0.5, 0.6) is 0 Å². The summed E-state index contributed by atoms with van der Waals surface area (Å²) in [6.45, 7) is 2.06. The Morgan fingerprint density at radius 2 is 2.26 bits per heavy atom. The molecule has 1 aromatic carbocycles. The van der Waals surface area contributed by atoms with Gasteiger partial charge < -0.3 is 9.84 Å². The van der Waals surface area contributed by atoms with Gasteiger partial charge >= 0.3 is 0 Å². The summed E-state index contributed by atoms with van der Waals surface area (Å²) in [5.41, 5.74) is 2.22. The number of likely N-dealkylation sites (N-methyl/N-ethyl adjacent to an activating group) is 1. The molecule has 1 aromatic heterocycles. The molecule has 2 aromatic rings. The van der Waals surface area contributed by atoms with Gasteiger partial charge in [0, 0.05) is 23.1 Å². The Morgan fingerprint density at radius 1 is 1.37 bits per heavy atom. The number of nitrogens with zero attached hydrogens (tertiary/aromatic N) is 2. The van der Waals surface area contributed by atoms with E-state index in [9.17, 15) is 0 Å². The lowest BCUT2D eigenvalue weighted by atomic mass is 10.0. The summed E-state index contributed by atoms with van der Waals surface area (Å²) in [5.74, 6) is 3.90. The molecule has 1 saturated heterocycles. The zero-order valence-electron chi connectivity index (χ0n) is 11.1. The molecule has 5 heteroatoms. The van der Waals surface area contributed by atoms with Gasteiger partial charge in [0.05, 0.1) is 5.92 Å². The van der Waals surface area contributed by atoms with Crippen LogP contribution in [0.3, 0.4) is 0 Å². The van der Waals surface area contributed by atoms with E-state index in [2.05, 4.69) is 34.5 Å². The van der Waals surface area contributed by atoms with Gasteiger partial charge in [0.1, 0.15) is 0 Å². The zero-order valence-corrected chi connectivity index (χ0v) is 11.9. The molecular formula is C14H17N3OS. The molecule has 0 amide bonds. The Kier molecular flexibility index (Phi) is 3.57. The lowest BCUT2D eigenvalue weighted by Gasteiger charge is -2.13. The first-order chi connectivity index (χ1) is 9.28. The van der Waals surface area contributed by atoms with Crippen molar-refractivity contribution in [1.29, 1.82) is 0 Å². The van der Waals surface area contributed by atoms with Crippen molar-refractivity contribution in [2.75, 3.05) is 18.6 Å².